The van der Waals surface area contributed by atoms with Crippen LogP contribution in [0, 0.1) is 6.57 Å². The molecule has 3 nitrogen and oxygen atoms in total. The van der Waals surface area contributed by atoms with Gasteiger partial charge >= 0.3 is 0 Å². The van der Waals surface area contributed by atoms with E-state index in [1.807, 2.05) is 12.1 Å². The molecule has 0 amide bonds. The van der Waals surface area contributed by atoms with E-state index in [1.165, 1.54) is 38.8 Å². The lowest BCUT2D eigenvalue weighted by molar-refractivity contribution is 0.632. The molecule has 7 aromatic carbocycles. The average Bonchev–Trinajstić information content (AvgIpc) is 3.49. The van der Waals surface area contributed by atoms with Crippen molar-refractivity contribution in [1.82, 2.24) is 4.57 Å². The second kappa shape index (κ2) is 11.1. The number of anilines is 3. The molecule has 1 aliphatic rings. The highest BCUT2D eigenvalue weighted by Gasteiger charge is 2.37. The van der Waals surface area contributed by atoms with Gasteiger partial charge in [-0.3, -0.25) is 0 Å². The monoisotopic (exact) mass is 627 g/mol. The Labute approximate surface area is 286 Å². The smallest absolute Gasteiger partial charge is 0.211 e. The van der Waals surface area contributed by atoms with Crippen molar-refractivity contribution in [3.63, 3.8) is 0 Å². The van der Waals surface area contributed by atoms with Gasteiger partial charge in [-0.1, -0.05) is 129 Å². The summed E-state index contributed by atoms with van der Waals surface area (Å²) in [5.74, 6) is 0. The molecule has 0 saturated carbocycles. The zero-order chi connectivity index (χ0) is 33.1. The Morgan fingerprint density at radius 2 is 1.12 bits per heavy atom. The molecule has 0 radical (unpaired) electrons. The fraction of sp³-hybridized carbons (Fsp3) is 0.0652. The highest BCUT2D eigenvalue weighted by molar-refractivity contribution is 6.10. The van der Waals surface area contributed by atoms with Gasteiger partial charge in [0.1, 0.15) is 0 Å². The first-order valence-electron chi connectivity index (χ1n) is 16.7. The fourth-order valence-corrected chi connectivity index (χ4v) is 7.86. The SMILES string of the molecule is [C-]#[N+]c1cccc(-c2cccc(-c3ccc4c(c3)C(C)(C)c3ccccc3N4c3ccccc3)c2)c1-n1c2ccccc2c2ccccc21. The van der Waals surface area contributed by atoms with Crippen LogP contribution in [0.3, 0.4) is 0 Å². The number of nitrogens with zero attached hydrogens (tertiary/aromatic N) is 3. The topological polar surface area (TPSA) is 12.5 Å². The molecule has 1 aliphatic heterocycles. The van der Waals surface area contributed by atoms with Crippen LogP contribution in [0.25, 0.3) is 54.6 Å². The summed E-state index contributed by atoms with van der Waals surface area (Å²) in [5, 5.41) is 2.36. The first-order chi connectivity index (χ1) is 24.0. The van der Waals surface area contributed by atoms with Crippen molar-refractivity contribution in [3.05, 3.63) is 186 Å². The lowest BCUT2D eigenvalue weighted by Gasteiger charge is -2.42. The fourth-order valence-electron chi connectivity index (χ4n) is 7.86. The van der Waals surface area contributed by atoms with E-state index in [-0.39, 0.29) is 5.41 Å². The van der Waals surface area contributed by atoms with Crippen LogP contribution >= 0.6 is 0 Å². The molecule has 1 aromatic heterocycles. The highest BCUT2D eigenvalue weighted by Crippen LogP contribution is 2.52. The van der Waals surface area contributed by atoms with E-state index in [4.69, 9.17) is 6.57 Å². The summed E-state index contributed by atoms with van der Waals surface area (Å²) in [4.78, 5) is 6.44. The lowest BCUT2D eigenvalue weighted by Crippen LogP contribution is -2.30. The molecular weight excluding hydrogens is 595 g/mol. The largest absolute Gasteiger partial charge is 0.318 e. The molecule has 3 heteroatoms. The van der Waals surface area contributed by atoms with Crippen molar-refractivity contribution < 1.29 is 0 Å². The third kappa shape index (κ3) is 4.42. The van der Waals surface area contributed by atoms with Gasteiger partial charge in [-0.05, 0) is 81.9 Å². The van der Waals surface area contributed by atoms with Crippen molar-refractivity contribution in [2.24, 2.45) is 0 Å². The minimum atomic E-state index is -0.196. The summed E-state index contributed by atoms with van der Waals surface area (Å²) in [6.45, 7) is 12.9. The third-order valence-electron chi connectivity index (χ3n) is 10.2. The number of benzene rings is 7. The maximum Gasteiger partial charge on any atom is 0.211 e. The molecule has 0 fully saturated rings. The van der Waals surface area contributed by atoms with Crippen LogP contribution < -0.4 is 4.90 Å². The lowest BCUT2D eigenvalue weighted by atomic mass is 9.73. The molecule has 0 atom stereocenters. The summed E-state index contributed by atoms with van der Waals surface area (Å²) in [6, 6.07) is 58.2. The van der Waals surface area contributed by atoms with E-state index >= 15 is 0 Å². The second-order valence-corrected chi connectivity index (χ2v) is 13.3. The van der Waals surface area contributed by atoms with E-state index in [9.17, 15) is 0 Å². The van der Waals surface area contributed by atoms with Gasteiger partial charge < -0.3 is 9.47 Å². The Morgan fingerprint density at radius 1 is 0.510 bits per heavy atom. The average molecular weight is 628 g/mol. The first-order valence-corrected chi connectivity index (χ1v) is 16.7. The zero-order valence-electron chi connectivity index (χ0n) is 27.4. The van der Waals surface area contributed by atoms with Crippen LogP contribution in [0.5, 0.6) is 0 Å². The van der Waals surface area contributed by atoms with Crippen molar-refractivity contribution in [2.45, 2.75) is 19.3 Å². The molecule has 2 heterocycles. The molecular formula is C46H33N3. The van der Waals surface area contributed by atoms with Crippen molar-refractivity contribution in [3.8, 4) is 27.9 Å². The molecule has 8 aromatic rings. The van der Waals surface area contributed by atoms with E-state index in [2.05, 4.69) is 180 Å². The molecule has 0 saturated heterocycles. The predicted octanol–water partition coefficient (Wildman–Crippen LogP) is 12.8. The summed E-state index contributed by atoms with van der Waals surface area (Å²) in [6.07, 6.45) is 0. The maximum atomic E-state index is 8.20. The Bertz CT molecular complexity index is 2550. The van der Waals surface area contributed by atoms with Crippen LogP contribution in [-0.2, 0) is 5.41 Å². The van der Waals surface area contributed by atoms with Crippen LogP contribution in [0.2, 0.25) is 0 Å². The Kier molecular flexibility index (Phi) is 6.54. The van der Waals surface area contributed by atoms with Crippen molar-refractivity contribution >= 4 is 44.6 Å². The van der Waals surface area contributed by atoms with Crippen LogP contribution in [0.1, 0.15) is 25.0 Å². The van der Waals surface area contributed by atoms with E-state index in [1.54, 1.807) is 0 Å². The number of hydrogen-bond acceptors (Lipinski definition) is 1. The number of rotatable bonds is 4. The normalized spacial score (nSPS) is 13.2. The minimum absolute atomic E-state index is 0.196. The van der Waals surface area contributed by atoms with E-state index in [0.29, 0.717) is 5.69 Å². The van der Waals surface area contributed by atoms with Crippen LogP contribution in [0.15, 0.2) is 164 Å². The Balaban J connectivity index is 1.22. The van der Waals surface area contributed by atoms with Gasteiger partial charge in [-0.15, -0.1) is 0 Å². The van der Waals surface area contributed by atoms with Gasteiger partial charge in [0.25, 0.3) is 0 Å². The zero-order valence-corrected chi connectivity index (χ0v) is 27.4. The molecule has 0 N–H and O–H groups in total. The highest BCUT2D eigenvalue weighted by atomic mass is 15.2. The molecule has 9 rings (SSSR count). The standard InChI is InChI=1S/C46H33N3/c1-46(2)38-22-9-12-26-43(38)48(34-17-5-4-6-18-34)44-28-27-32(30-39(44)46)31-15-13-16-33(29-31)35-21-14-23-40(47-3)45(35)49-41-24-10-7-19-36(41)37-20-8-11-25-42(37)49/h4-30H,1-2H3. The maximum absolute atomic E-state index is 8.20. The van der Waals surface area contributed by atoms with Crippen molar-refractivity contribution in [2.75, 3.05) is 4.90 Å². The summed E-state index contributed by atoms with van der Waals surface area (Å²) < 4.78 is 2.27. The predicted molar refractivity (Wildman–Crippen MR) is 205 cm³/mol. The molecule has 0 spiro atoms. The van der Waals surface area contributed by atoms with Crippen LogP contribution in [-0.4, -0.2) is 4.57 Å². The first kappa shape index (κ1) is 28.8. The van der Waals surface area contributed by atoms with Gasteiger partial charge in [0.05, 0.1) is 34.7 Å². The quantitative estimate of drug-likeness (QED) is 0.177. The Morgan fingerprint density at radius 3 is 1.88 bits per heavy atom. The van der Waals surface area contributed by atoms with Gasteiger partial charge in [0, 0.05) is 21.9 Å². The molecule has 49 heavy (non-hydrogen) atoms. The number of fused-ring (bicyclic) bond motifs is 5. The number of para-hydroxylation sites is 5. The van der Waals surface area contributed by atoms with Gasteiger partial charge in [0.15, 0.2) is 0 Å². The van der Waals surface area contributed by atoms with Gasteiger partial charge in [0.2, 0.25) is 5.69 Å². The molecule has 0 aliphatic carbocycles. The molecule has 0 bridgehead atoms. The van der Waals surface area contributed by atoms with E-state index < -0.39 is 0 Å². The molecule has 0 unspecified atom stereocenters. The number of aromatic nitrogens is 1. The van der Waals surface area contributed by atoms with Gasteiger partial charge in [-0.2, -0.15) is 0 Å². The summed E-state index contributed by atoms with van der Waals surface area (Å²) in [7, 11) is 0. The summed E-state index contributed by atoms with van der Waals surface area (Å²) in [5.41, 5.74) is 14.1. The van der Waals surface area contributed by atoms with Gasteiger partial charge in [-0.25, -0.2) is 4.85 Å². The van der Waals surface area contributed by atoms with Crippen LogP contribution in [0.4, 0.5) is 22.7 Å². The Hall–Kier alpha value is -6.37. The molecule has 232 valence electrons. The minimum Gasteiger partial charge on any atom is -0.318 e. The second-order valence-electron chi connectivity index (χ2n) is 13.3. The number of hydrogen-bond donors (Lipinski definition) is 0. The van der Waals surface area contributed by atoms with Crippen molar-refractivity contribution in [1.29, 1.82) is 0 Å². The van der Waals surface area contributed by atoms with E-state index in [0.717, 1.165) is 39.1 Å². The summed E-state index contributed by atoms with van der Waals surface area (Å²) >= 11 is 0. The third-order valence-corrected chi connectivity index (χ3v) is 10.2.